The largest absolute Gasteiger partial charge is 0.573 e. The van der Waals surface area contributed by atoms with Crippen molar-refractivity contribution >= 4 is 5.97 Å². The Balaban J connectivity index is 1.93. The van der Waals surface area contributed by atoms with E-state index in [1.54, 1.807) is 0 Å². The SMILES string of the molecule is O=C(O)C1=C[C@H]2O[C@H]1c1ccc(OC(F)(F)F)cc12. The van der Waals surface area contributed by atoms with Gasteiger partial charge in [0.15, 0.2) is 0 Å². The van der Waals surface area contributed by atoms with E-state index in [2.05, 4.69) is 4.74 Å². The van der Waals surface area contributed by atoms with E-state index in [4.69, 9.17) is 9.84 Å². The van der Waals surface area contributed by atoms with Gasteiger partial charge in [-0.1, -0.05) is 6.07 Å². The zero-order valence-corrected chi connectivity index (χ0v) is 9.27. The summed E-state index contributed by atoms with van der Waals surface area (Å²) in [4.78, 5) is 10.9. The van der Waals surface area contributed by atoms with Crippen LogP contribution in [0.5, 0.6) is 5.75 Å². The van der Waals surface area contributed by atoms with E-state index in [9.17, 15) is 18.0 Å². The maximum atomic E-state index is 12.1. The van der Waals surface area contributed by atoms with Crippen molar-refractivity contribution in [1.29, 1.82) is 0 Å². The fourth-order valence-electron chi connectivity index (χ4n) is 2.33. The normalized spacial score (nSPS) is 24.1. The summed E-state index contributed by atoms with van der Waals surface area (Å²) in [6, 6.07) is 3.77. The summed E-state index contributed by atoms with van der Waals surface area (Å²) in [5, 5.41) is 8.95. The Morgan fingerprint density at radius 2 is 2.05 bits per heavy atom. The third-order valence-corrected chi connectivity index (χ3v) is 3.02. The van der Waals surface area contributed by atoms with Gasteiger partial charge in [-0.3, -0.25) is 0 Å². The predicted molar refractivity (Wildman–Crippen MR) is 55.4 cm³/mol. The molecule has 2 aliphatic heterocycles. The number of hydrogen-bond donors (Lipinski definition) is 1. The highest BCUT2D eigenvalue weighted by Gasteiger charge is 2.42. The van der Waals surface area contributed by atoms with E-state index < -0.39 is 24.5 Å². The fraction of sp³-hybridized carbons (Fsp3) is 0.250. The summed E-state index contributed by atoms with van der Waals surface area (Å²) >= 11 is 0. The van der Waals surface area contributed by atoms with Gasteiger partial charge in [0, 0.05) is 0 Å². The molecule has 1 aromatic rings. The van der Waals surface area contributed by atoms with Gasteiger partial charge in [0.2, 0.25) is 0 Å². The Labute approximate surface area is 105 Å². The molecular weight excluding hydrogens is 265 g/mol. The van der Waals surface area contributed by atoms with Gasteiger partial charge in [-0.2, -0.15) is 0 Å². The van der Waals surface area contributed by atoms with Crippen molar-refractivity contribution in [3.63, 3.8) is 0 Å². The number of hydrogen-bond acceptors (Lipinski definition) is 3. The quantitative estimate of drug-likeness (QED) is 0.899. The molecule has 2 atom stereocenters. The molecule has 2 aliphatic rings. The molecule has 0 unspecified atom stereocenters. The third kappa shape index (κ3) is 1.95. The lowest BCUT2D eigenvalue weighted by Gasteiger charge is -2.14. The van der Waals surface area contributed by atoms with E-state index in [1.807, 2.05) is 0 Å². The number of halogens is 3. The number of carboxylic acid groups (broad SMARTS) is 1. The van der Waals surface area contributed by atoms with Crippen molar-refractivity contribution in [3.8, 4) is 5.75 Å². The Hall–Kier alpha value is -2.02. The average Bonchev–Trinajstić information content (AvgIpc) is 2.84. The number of rotatable bonds is 2. The molecule has 2 heterocycles. The first-order valence-corrected chi connectivity index (χ1v) is 5.35. The molecule has 0 amide bonds. The molecule has 4 nitrogen and oxygen atoms in total. The Kier molecular flexibility index (Phi) is 2.37. The molecule has 0 saturated carbocycles. The van der Waals surface area contributed by atoms with Crippen LogP contribution in [-0.2, 0) is 9.53 Å². The van der Waals surface area contributed by atoms with Crippen LogP contribution in [0, 0.1) is 0 Å². The van der Waals surface area contributed by atoms with Crippen LogP contribution < -0.4 is 4.74 Å². The second kappa shape index (κ2) is 3.74. The summed E-state index contributed by atoms with van der Waals surface area (Å²) < 4.78 is 45.5. The van der Waals surface area contributed by atoms with Crippen molar-refractivity contribution < 1.29 is 32.5 Å². The monoisotopic (exact) mass is 272 g/mol. The fourth-order valence-corrected chi connectivity index (χ4v) is 2.33. The molecule has 0 fully saturated rings. The molecule has 3 rings (SSSR count). The molecule has 2 bridgehead atoms. The number of fused-ring (bicyclic) bond motifs is 5. The molecule has 0 spiro atoms. The number of carboxylic acids is 1. The van der Waals surface area contributed by atoms with Crippen molar-refractivity contribution in [2.24, 2.45) is 0 Å². The lowest BCUT2D eigenvalue weighted by molar-refractivity contribution is -0.274. The van der Waals surface area contributed by atoms with E-state index in [1.165, 1.54) is 18.2 Å². The Morgan fingerprint density at radius 1 is 1.32 bits per heavy atom. The van der Waals surface area contributed by atoms with Gasteiger partial charge in [0.1, 0.15) is 18.0 Å². The minimum atomic E-state index is -4.76. The summed E-state index contributed by atoms with van der Waals surface area (Å²) in [5.41, 5.74) is 1.19. The van der Waals surface area contributed by atoms with Gasteiger partial charge in [0.05, 0.1) is 5.57 Å². The minimum Gasteiger partial charge on any atom is -0.478 e. The zero-order valence-electron chi connectivity index (χ0n) is 9.27. The summed E-state index contributed by atoms with van der Waals surface area (Å²) in [5.74, 6) is -1.43. The van der Waals surface area contributed by atoms with Gasteiger partial charge >= 0.3 is 12.3 Å². The van der Waals surface area contributed by atoms with Crippen LogP contribution in [0.1, 0.15) is 23.3 Å². The van der Waals surface area contributed by atoms with E-state index in [0.717, 1.165) is 6.07 Å². The highest BCUT2D eigenvalue weighted by Crippen LogP contribution is 2.50. The maximum Gasteiger partial charge on any atom is 0.573 e. The lowest BCUT2D eigenvalue weighted by Crippen LogP contribution is -2.17. The average molecular weight is 272 g/mol. The van der Waals surface area contributed by atoms with Gasteiger partial charge in [-0.15, -0.1) is 13.2 Å². The Morgan fingerprint density at radius 3 is 2.68 bits per heavy atom. The van der Waals surface area contributed by atoms with Crippen molar-refractivity contribution in [2.45, 2.75) is 18.6 Å². The van der Waals surface area contributed by atoms with Crippen LogP contribution in [0.3, 0.4) is 0 Å². The molecular formula is C12H7F3O4. The molecule has 0 aromatic heterocycles. The van der Waals surface area contributed by atoms with Gasteiger partial charge in [0.25, 0.3) is 0 Å². The summed E-state index contributed by atoms with van der Waals surface area (Å²) in [7, 11) is 0. The number of ether oxygens (including phenoxy) is 2. The zero-order chi connectivity index (χ0) is 13.8. The minimum absolute atomic E-state index is 0.113. The lowest BCUT2D eigenvalue weighted by atomic mass is 9.91. The molecule has 19 heavy (non-hydrogen) atoms. The predicted octanol–water partition coefficient (Wildman–Crippen LogP) is 2.72. The van der Waals surface area contributed by atoms with E-state index in [0.29, 0.717) is 11.1 Å². The maximum absolute atomic E-state index is 12.1. The van der Waals surface area contributed by atoms with Crippen LogP contribution in [0.2, 0.25) is 0 Å². The first kappa shape index (κ1) is 12.0. The second-order valence-electron chi connectivity index (χ2n) is 4.20. The molecule has 0 saturated heterocycles. The molecule has 7 heteroatoms. The first-order valence-electron chi connectivity index (χ1n) is 5.35. The number of carbonyl (C=O) groups is 1. The van der Waals surface area contributed by atoms with Gasteiger partial charge < -0.3 is 14.6 Å². The summed E-state index contributed by atoms with van der Waals surface area (Å²) in [6.45, 7) is 0. The van der Waals surface area contributed by atoms with Crippen molar-refractivity contribution in [3.05, 3.63) is 41.0 Å². The van der Waals surface area contributed by atoms with E-state index in [-0.39, 0.29) is 11.3 Å². The van der Waals surface area contributed by atoms with Gasteiger partial charge in [-0.05, 0) is 29.3 Å². The molecule has 1 N–H and O–H groups in total. The van der Waals surface area contributed by atoms with Crippen LogP contribution >= 0.6 is 0 Å². The standard InChI is InChI=1S/C12H7F3O4/c13-12(14,15)19-5-1-2-6-7(3-5)9-4-8(11(16)17)10(6)18-9/h1-4,9-10H,(H,16,17)/t9-,10+/m1/s1. The number of alkyl halides is 3. The summed E-state index contributed by atoms with van der Waals surface area (Å²) in [6.07, 6.45) is -4.69. The van der Waals surface area contributed by atoms with Crippen LogP contribution in [0.4, 0.5) is 13.2 Å². The van der Waals surface area contributed by atoms with Crippen LogP contribution in [-0.4, -0.2) is 17.4 Å². The first-order chi connectivity index (χ1) is 8.85. The van der Waals surface area contributed by atoms with Gasteiger partial charge in [-0.25, -0.2) is 4.79 Å². The highest BCUT2D eigenvalue weighted by atomic mass is 19.4. The molecule has 0 aliphatic carbocycles. The molecule has 0 radical (unpaired) electrons. The second-order valence-corrected chi connectivity index (χ2v) is 4.20. The van der Waals surface area contributed by atoms with Crippen molar-refractivity contribution in [2.75, 3.05) is 0 Å². The number of aliphatic carboxylic acids is 1. The Bertz CT molecular complexity index is 591. The third-order valence-electron chi connectivity index (χ3n) is 3.02. The molecule has 1 aromatic carbocycles. The van der Waals surface area contributed by atoms with Crippen LogP contribution in [0.25, 0.3) is 0 Å². The van der Waals surface area contributed by atoms with E-state index >= 15 is 0 Å². The smallest absolute Gasteiger partial charge is 0.478 e. The van der Waals surface area contributed by atoms with Crippen molar-refractivity contribution in [1.82, 2.24) is 0 Å². The highest BCUT2D eigenvalue weighted by molar-refractivity contribution is 5.89. The molecule has 100 valence electrons. The van der Waals surface area contributed by atoms with Crippen LogP contribution in [0.15, 0.2) is 29.8 Å². The topological polar surface area (TPSA) is 55.8 Å². The number of benzene rings is 1.